The normalized spacial score (nSPS) is 11.6. The fraction of sp³-hybridized carbons (Fsp3) is 0.222. The molecule has 0 heterocycles. The first-order valence-electron chi connectivity index (χ1n) is 7.17. The highest BCUT2D eigenvalue weighted by molar-refractivity contribution is 5.93. The first-order valence-corrected chi connectivity index (χ1v) is 7.17. The first-order chi connectivity index (χ1) is 10.9. The van der Waals surface area contributed by atoms with Crippen molar-refractivity contribution in [1.82, 2.24) is 4.90 Å². The summed E-state index contributed by atoms with van der Waals surface area (Å²) in [6.07, 6.45) is -1.03. The van der Waals surface area contributed by atoms with Crippen LogP contribution in [0.4, 0.5) is 0 Å². The van der Waals surface area contributed by atoms with Crippen LogP contribution in [0, 0.1) is 6.92 Å². The number of rotatable bonds is 4. The zero-order chi connectivity index (χ0) is 17.0. The van der Waals surface area contributed by atoms with Gasteiger partial charge < -0.3 is 14.7 Å². The Kier molecular flexibility index (Phi) is 5.01. The molecule has 2 aromatic rings. The molecular weight excluding hydrogens is 294 g/mol. The van der Waals surface area contributed by atoms with Crippen molar-refractivity contribution in [2.45, 2.75) is 13.0 Å². The molecular formula is C18H19NO4. The molecule has 0 saturated carbocycles. The van der Waals surface area contributed by atoms with Crippen LogP contribution in [-0.4, -0.2) is 36.0 Å². The Morgan fingerprint density at radius 3 is 2.30 bits per heavy atom. The maximum Gasteiger partial charge on any atom is 0.339 e. The number of carbonyl (C=O) groups excluding carboxylic acids is 2. The van der Waals surface area contributed by atoms with Gasteiger partial charge in [-0.1, -0.05) is 36.4 Å². The highest BCUT2D eigenvalue weighted by atomic mass is 16.5. The third-order valence-electron chi connectivity index (χ3n) is 3.44. The Morgan fingerprint density at radius 1 is 1.09 bits per heavy atom. The molecule has 1 unspecified atom stereocenters. The molecule has 0 radical (unpaired) electrons. The molecule has 120 valence electrons. The highest BCUT2D eigenvalue weighted by Gasteiger charge is 2.27. The maximum absolute atomic E-state index is 12.3. The number of carbonyl (C=O) groups is 2. The smallest absolute Gasteiger partial charge is 0.339 e. The molecule has 0 bridgehead atoms. The monoisotopic (exact) mass is 313 g/mol. The van der Waals surface area contributed by atoms with E-state index in [2.05, 4.69) is 0 Å². The van der Waals surface area contributed by atoms with Gasteiger partial charge in [-0.05, 0) is 24.6 Å². The van der Waals surface area contributed by atoms with E-state index in [1.165, 1.54) is 11.0 Å². The zero-order valence-corrected chi connectivity index (χ0v) is 13.3. The third-order valence-corrected chi connectivity index (χ3v) is 3.44. The van der Waals surface area contributed by atoms with E-state index in [1.807, 2.05) is 6.07 Å². The number of benzene rings is 2. The number of ether oxygens (including phenoxy) is 1. The predicted molar refractivity (Wildman–Crippen MR) is 86.1 cm³/mol. The summed E-state index contributed by atoms with van der Waals surface area (Å²) < 4.78 is 5.40. The number of hydrogen-bond donors (Lipinski definition) is 1. The SMILES string of the molecule is Cc1ccc(C(=O)OC(C(=O)N(C)C)c2ccccc2)cc1O. The van der Waals surface area contributed by atoms with Crippen LogP contribution in [0.5, 0.6) is 5.75 Å². The molecule has 0 spiro atoms. The second kappa shape index (κ2) is 6.96. The molecule has 23 heavy (non-hydrogen) atoms. The van der Waals surface area contributed by atoms with E-state index in [4.69, 9.17) is 4.74 Å². The van der Waals surface area contributed by atoms with Gasteiger partial charge >= 0.3 is 5.97 Å². The minimum atomic E-state index is -1.03. The zero-order valence-electron chi connectivity index (χ0n) is 13.3. The number of phenols is 1. The molecule has 1 atom stereocenters. The molecule has 1 N–H and O–H groups in total. The van der Waals surface area contributed by atoms with Gasteiger partial charge in [-0.15, -0.1) is 0 Å². The van der Waals surface area contributed by atoms with Gasteiger partial charge in [-0.2, -0.15) is 0 Å². The predicted octanol–water partition coefficient (Wildman–Crippen LogP) is 2.69. The standard InChI is InChI=1S/C18H19NO4/c1-12-9-10-14(11-15(12)20)18(22)23-16(17(21)19(2)3)13-7-5-4-6-8-13/h4-11,16,20H,1-3H3. The van der Waals surface area contributed by atoms with E-state index in [9.17, 15) is 14.7 Å². The average molecular weight is 313 g/mol. The Hall–Kier alpha value is -2.82. The number of esters is 1. The lowest BCUT2D eigenvalue weighted by Crippen LogP contribution is -2.31. The van der Waals surface area contributed by atoms with Crippen molar-refractivity contribution in [2.24, 2.45) is 0 Å². The number of aromatic hydroxyl groups is 1. The molecule has 5 heteroatoms. The first kappa shape index (κ1) is 16.5. The van der Waals surface area contributed by atoms with Crippen LogP contribution in [0.3, 0.4) is 0 Å². The van der Waals surface area contributed by atoms with Crippen molar-refractivity contribution in [1.29, 1.82) is 0 Å². The Balaban J connectivity index is 2.28. The molecule has 5 nitrogen and oxygen atoms in total. The summed E-state index contributed by atoms with van der Waals surface area (Å²) in [6.45, 7) is 1.73. The van der Waals surface area contributed by atoms with Gasteiger partial charge in [0.1, 0.15) is 5.75 Å². The van der Waals surface area contributed by atoms with Gasteiger partial charge in [-0.3, -0.25) is 4.79 Å². The fourth-order valence-corrected chi connectivity index (χ4v) is 2.03. The molecule has 0 aromatic heterocycles. The molecule has 0 fully saturated rings. The lowest BCUT2D eigenvalue weighted by Gasteiger charge is -2.21. The van der Waals surface area contributed by atoms with Crippen LogP contribution in [0.2, 0.25) is 0 Å². The number of phenolic OH excluding ortho intramolecular Hbond substituents is 1. The van der Waals surface area contributed by atoms with Crippen molar-refractivity contribution in [3.63, 3.8) is 0 Å². The lowest BCUT2D eigenvalue weighted by atomic mass is 10.1. The van der Waals surface area contributed by atoms with Gasteiger partial charge in [0.15, 0.2) is 0 Å². The van der Waals surface area contributed by atoms with Crippen molar-refractivity contribution in [3.8, 4) is 5.75 Å². The van der Waals surface area contributed by atoms with Crippen molar-refractivity contribution in [3.05, 3.63) is 65.2 Å². The van der Waals surface area contributed by atoms with Crippen LogP contribution in [-0.2, 0) is 9.53 Å². The number of amides is 1. The van der Waals surface area contributed by atoms with Crippen molar-refractivity contribution >= 4 is 11.9 Å². The lowest BCUT2D eigenvalue weighted by molar-refractivity contribution is -0.138. The second-order valence-corrected chi connectivity index (χ2v) is 5.43. The molecule has 2 rings (SSSR count). The molecule has 0 aliphatic carbocycles. The third kappa shape index (κ3) is 3.88. The Labute approximate surface area is 135 Å². The van der Waals surface area contributed by atoms with Crippen molar-refractivity contribution < 1.29 is 19.4 Å². The quantitative estimate of drug-likeness (QED) is 0.881. The minimum Gasteiger partial charge on any atom is -0.508 e. The molecule has 0 aliphatic heterocycles. The maximum atomic E-state index is 12.3. The topological polar surface area (TPSA) is 66.8 Å². The van der Waals surface area contributed by atoms with Gasteiger partial charge in [0.05, 0.1) is 5.56 Å². The van der Waals surface area contributed by atoms with Crippen LogP contribution in [0.15, 0.2) is 48.5 Å². The molecule has 0 saturated heterocycles. The summed E-state index contributed by atoms with van der Waals surface area (Å²) >= 11 is 0. The van der Waals surface area contributed by atoms with E-state index < -0.39 is 12.1 Å². The highest BCUT2D eigenvalue weighted by Crippen LogP contribution is 2.23. The van der Waals surface area contributed by atoms with Crippen LogP contribution in [0.1, 0.15) is 27.6 Å². The fourth-order valence-electron chi connectivity index (χ4n) is 2.03. The number of hydrogen-bond acceptors (Lipinski definition) is 4. The molecule has 1 amide bonds. The molecule has 0 aliphatic rings. The Morgan fingerprint density at radius 2 is 1.74 bits per heavy atom. The summed E-state index contributed by atoms with van der Waals surface area (Å²) in [5.74, 6) is -0.986. The van der Waals surface area contributed by atoms with Gasteiger partial charge in [0, 0.05) is 19.7 Å². The van der Waals surface area contributed by atoms with Crippen molar-refractivity contribution in [2.75, 3.05) is 14.1 Å². The van der Waals surface area contributed by atoms with E-state index in [0.717, 1.165) is 0 Å². The van der Waals surface area contributed by atoms with Crippen LogP contribution >= 0.6 is 0 Å². The van der Waals surface area contributed by atoms with E-state index in [0.29, 0.717) is 11.1 Å². The number of aryl methyl sites for hydroxylation is 1. The van der Waals surface area contributed by atoms with E-state index >= 15 is 0 Å². The summed E-state index contributed by atoms with van der Waals surface area (Å²) in [7, 11) is 3.20. The summed E-state index contributed by atoms with van der Waals surface area (Å²) in [4.78, 5) is 26.0. The van der Waals surface area contributed by atoms with Gasteiger partial charge in [0.2, 0.25) is 6.10 Å². The second-order valence-electron chi connectivity index (χ2n) is 5.43. The van der Waals surface area contributed by atoms with Crippen LogP contribution < -0.4 is 0 Å². The van der Waals surface area contributed by atoms with E-state index in [-0.39, 0.29) is 17.2 Å². The van der Waals surface area contributed by atoms with Gasteiger partial charge in [0.25, 0.3) is 5.91 Å². The summed E-state index contributed by atoms with van der Waals surface area (Å²) in [6, 6.07) is 13.3. The number of likely N-dealkylation sites (N-methyl/N-ethyl adjacent to an activating group) is 1. The summed E-state index contributed by atoms with van der Waals surface area (Å²) in [5.41, 5.74) is 1.45. The number of nitrogens with zero attached hydrogens (tertiary/aromatic N) is 1. The Bertz CT molecular complexity index is 710. The average Bonchev–Trinajstić information content (AvgIpc) is 2.55. The molecule has 2 aromatic carbocycles. The van der Waals surface area contributed by atoms with E-state index in [1.54, 1.807) is 57.4 Å². The minimum absolute atomic E-state index is 0.00893. The van der Waals surface area contributed by atoms with Gasteiger partial charge in [-0.25, -0.2) is 4.79 Å². The summed E-state index contributed by atoms with van der Waals surface area (Å²) in [5, 5.41) is 9.71. The largest absolute Gasteiger partial charge is 0.508 e. The van der Waals surface area contributed by atoms with Crippen LogP contribution in [0.25, 0.3) is 0 Å².